The standard InChI is InChI=1S/C28H50O6/c1-3-5-7-9-11-13-15-17-19-27(29)33-25-23-31-21-22-32-24-26-34-28(30)20-18-16-14-12-10-8-6-4-2/h17-20H,3-16,21-26H2,1-2H3. The molecular weight excluding hydrogens is 432 g/mol. The van der Waals surface area contributed by atoms with Crippen molar-refractivity contribution in [2.75, 3.05) is 39.6 Å². The summed E-state index contributed by atoms with van der Waals surface area (Å²) in [7, 11) is 0. The zero-order chi connectivity index (χ0) is 25.0. The van der Waals surface area contributed by atoms with Crippen LogP contribution in [0.3, 0.4) is 0 Å². The average molecular weight is 483 g/mol. The number of ether oxygens (including phenoxy) is 4. The lowest BCUT2D eigenvalue weighted by molar-refractivity contribution is -0.141. The highest BCUT2D eigenvalue weighted by Gasteiger charge is 1.99. The number of carbonyl (C=O) groups excluding carboxylic acids is 2. The lowest BCUT2D eigenvalue weighted by Gasteiger charge is -2.06. The number of hydrogen-bond acceptors (Lipinski definition) is 6. The molecule has 198 valence electrons. The van der Waals surface area contributed by atoms with E-state index < -0.39 is 0 Å². The maximum Gasteiger partial charge on any atom is 0.330 e. The first-order valence-corrected chi connectivity index (χ1v) is 13.5. The van der Waals surface area contributed by atoms with Crippen LogP contribution in [-0.2, 0) is 28.5 Å². The SMILES string of the molecule is CCCCCCCCC=CC(=O)OCCOCCOCCOC(=O)C=CCCCCCCCC. The second-order valence-corrected chi connectivity index (χ2v) is 8.48. The van der Waals surface area contributed by atoms with Crippen LogP contribution in [0.25, 0.3) is 0 Å². The summed E-state index contributed by atoms with van der Waals surface area (Å²) in [6, 6.07) is 0. The van der Waals surface area contributed by atoms with Crippen LogP contribution in [0.5, 0.6) is 0 Å². The first kappa shape index (κ1) is 32.3. The highest BCUT2D eigenvalue weighted by Crippen LogP contribution is 2.08. The van der Waals surface area contributed by atoms with Gasteiger partial charge < -0.3 is 18.9 Å². The van der Waals surface area contributed by atoms with E-state index in [1.807, 2.05) is 12.2 Å². The highest BCUT2D eigenvalue weighted by molar-refractivity contribution is 5.82. The van der Waals surface area contributed by atoms with Crippen molar-refractivity contribution in [3.63, 3.8) is 0 Å². The molecule has 6 nitrogen and oxygen atoms in total. The average Bonchev–Trinajstić information content (AvgIpc) is 2.83. The summed E-state index contributed by atoms with van der Waals surface area (Å²) in [5.41, 5.74) is 0. The third kappa shape index (κ3) is 26.6. The Morgan fingerprint density at radius 1 is 0.500 bits per heavy atom. The quantitative estimate of drug-likeness (QED) is 0.0817. The van der Waals surface area contributed by atoms with E-state index in [9.17, 15) is 9.59 Å². The van der Waals surface area contributed by atoms with E-state index in [1.165, 1.54) is 76.4 Å². The minimum atomic E-state index is -0.325. The molecule has 0 unspecified atom stereocenters. The summed E-state index contributed by atoms with van der Waals surface area (Å²) in [4.78, 5) is 23.2. The normalized spacial score (nSPS) is 11.5. The summed E-state index contributed by atoms with van der Waals surface area (Å²) >= 11 is 0. The summed E-state index contributed by atoms with van der Waals surface area (Å²) in [6.07, 6.45) is 23.6. The van der Waals surface area contributed by atoms with E-state index >= 15 is 0 Å². The van der Waals surface area contributed by atoms with Crippen molar-refractivity contribution in [1.82, 2.24) is 0 Å². The summed E-state index contributed by atoms with van der Waals surface area (Å²) in [5, 5.41) is 0. The van der Waals surface area contributed by atoms with Crippen molar-refractivity contribution in [3.05, 3.63) is 24.3 Å². The fourth-order valence-electron chi connectivity index (χ4n) is 3.26. The summed E-state index contributed by atoms with van der Waals surface area (Å²) in [5.74, 6) is -0.651. The molecule has 0 radical (unpaired) electrons. The van der Waals surface area contributed by atoms with Crippen LogP contribution < -0.4 is 0 Å². The van der Waals surface area contributed by atoms with Crippen LogP contribution in [0.2, 0.25) is 0 Å². The molecule has 0 heterocycles. The molecule has 6 heteroatoms. The van der Waals surface area contributed by atoms with Crippen molar-refractivity contribution >= 4 is 11.9 Å². The molecule has 0 aliphatic heterocycles. The van der Waals surface area contributed by atoms with Gasteiger partial charge in [0.2, 0.25) is 0 Å². The van der Waals surface area contributed by atoms with Gasteiger partial charge in [0.1, 0.15) is 13.2 Å². The minimum absolute atomic E-state index is 0.225. The Balaban J connectivity index is 3.36. The highest BCUT2D eigenvalue weighted by atomic mass is 16.6. The molecule has 0 amide bonds. The fourth-order valence-corrected chi connectivity index (χ4v) is 3.26. The van der Waals surface area contributed by atoms with Gasteiger partial charge in [-0.15, -0.1) is 0 Å². The maximum absolute atomic E-state index is 11.6. The molecule has 0 aliphatic carbocycles. The van der Waals surface area contributed by atoms with Gasteiger partial charge in [0.25, 0.3) is 0 Å². The van der Waals surface area contributed by atoms with Crippen LogP contribution in [0.15, 0.2) is 24.3 Å². The third-order valence-corrected chi connectivity index (χ3v) is 5.27. The number of unbranched alkanes of at least 4 members (excludes halogenated alkanes) is 12. The van der Waals surface area contributed by atoms with Crippen molar-refractivity contribution in [3.8, 4) is 0 Å². The Kier molecular flexibility index (Phi) is 26.2. The molecule has 0 N–H and O–H groups in total. The van der Waals surface area contributed by atoms with Crippen LogP contribution in [-0.4, -0.2) is 51.6 Å². The molecule has 0 rings (SSSR count). The van der Waals surface area contributed by atoms with Crippen molar-refractivity contribution < 1.29 is 28.5 Å². The number of hydrogen-bond donors (Lipinski definition) is 0. The van der Waals surface area contributed by atoms with Gasteiger partial charge >= 0.3 is 11.9 Å². The van der Waals surface area contributed by atoms with E-state index in [1.54, 1.807) is 0 Å². The Morgan fingerprint density at radius 2 is 0.853 bits per heavy atom. The number of carbonyl (C=O) groups is 2. The van der Waals surface area contributed by atoms with Gasteiger partial charge in [0.15, 0.2) is 0 Å². The van der Waals surface area contributed by atoms with Gasteiger partial charge in [-0.2, -0.15) is 0 Å². The topological polar surface area (TPSA) is 71.1 Å². The predicted octanol–water partition coefficient (Wildman–Crippen LogP) is 6.72. The molecule has 0 spiro atoms. The third-order valence-electron chi connectivity index (χ3n) is 5.27. The molecule has 0 aliphatic rings. The fraction of sp³-hybridized carbons (Fsp3) is 0.786. The Hall–Kier alpha value is -1.66. The molecule has 0 bridgehead atoms. The second kappa shape index (κ2) is 27.6. The van der Waals surface area contributed by atoms with E-state index in [2.05, 4.69) is 13.8 Å². The molecule has 0 fully saturated rings. The van der Waals surface area contributed by atoms with Gasteiger partial charge in [0, 0.05) is 12.2 Å². The van der Waals surface area contributed by atoms with Gasteiger partial charge in [-0.25, -0.2) is 9.59 Å². The first-order chi connectivity index (χ1) is 16.7. The van der Waals surface area contributed by atoms with Crippen molar-refractivity contribution in [2.45, 2.75) is 104 Å². The molecule has 0 aromatic heterocycles. The van der Waals surface area contributed by atoms with E-state index in [-0.39, 0.29) is 25.2 Å². The van der Waals surface area contributed by atoms with Crippen molar-refractivity contribution in [1.29, 1.82) is 0 Å². The largest absolute Gasteiger partial charge is 0.460 e. The lowest BCUT2D eigenvalue weighted by atomic mass is 10.1. The smallest absolute Gasteiger partial charge is 0.330 e. The molecule has 34 heavy (non-hydrogen) atoms. The Labute approximate surface area is 208 Å². The molecule has 0 atom stereocenters. The minimum Gasteiger partial charge on any atom is -0.460 e. The van der Waals surface area contributed by atoms with Gasteiger partial charge in [-0.05, 0) is 25.7 Å². The molecule has 0 saturated heterocycles. The van der Waals surface area contributed by atoms with Gasteiger partial charge in [-0.1, -0.05) is 90.2 Å². The van der Waals surface area contributed by atoms with Gasteiger partial charge in [-0.3, -0.25) is 0 Å². The van der Waals surface area contributed by atoms with Crippen molar-refractivity contribution in [2.24, 2.45) is 0 Å². The van der Waals surface area contributed by atoms with E-state index in [4.69, 9.17) is 18.9 Å². The molecule has 0 saturated carbocycles. The Bertz CT molecular complexity index is 469. The number of allylic oxidation sites excluding steroid dienone is 2. The molecule has 0 aromatic carbocycles. The van der Waals surface area contributed by atoms with Crippen LogP contribution in [0.4, 0.5) is 0 Å². The predicted molar refractivity (Wildman–Crippen MR) is 138 cm³/mol. The van der Waals surface area contributed by atoms with Crippen LogP contribution in [0.1, 0.15) is 104 Å². The summed E-state index contributed by atoms with van der Waals surface area (Å²) in [6.45, 7) is 6.34. The van der Waals surface area contributed by atoms with E-state index in [0.29, 0.717) is 26.4 Å². The lowest BCUT2D eigenvalue weighted by Crippen LogP contribution is -2.14. The number of rotatable bonds is 25. The van der Waals surface area contributed by atoms with Crippen LogP contribution >= 0.6 is 0 Å². The Morgan fingerprint density at radius 3 is 1.26 bits per heavy atom. The van der Waals surface area contributed by atoms with Gasteiger partial charge in [0.05, 0.1) is 26.4 Å². The maximum atomic E-state index is 11.6. The zero-order valence-electron chi connectivity index (χ0n) is 21.9. The monoisotopic (exact) mass is 482 g/mol. The first-order valence-electron chi connectivity index (χ1n) is 13.5. The van der Waals surface area contributed by atoms with Crippen LogP contribution in [0, 0.1) is 0 Å². The number of esters is 2. The molecule has 0 aromatic rings. The second-order valence-electron chi connectivity index (χ2n) is 8.48. The zero-order valence-corrected chi connectivity index (χ0v) is 21.9. The molecular formula is C28H50O6. The van der Waals surface area contributed by atoms with E-state index in [0.717, 1.165) is 25.7 Å². The summed E-state index contributed by atoms with van der Waals surface area (Å²) < 4.78 is 20.9.